The largest absolute Gasteiger partial charge is 0.491 e. The number of nitrogens with zero attached hydrogens (tertiary/aromatic N) is 5. The van der Waals surface area contributed by atoms with Gasteiger partial charge in [0.05, 0.1) is 6.04 Å². The first-order valence-electron chi connectivity index (χ1n) is 10.5. The Bertz CT molecular complexity index is 1370. The molecular formula is C24H17F3N6O3. The molecule has 0 fully saturated rings. The summed E-state index contributed by atoms with van der Waals surface area (Å²) in [4.78, 5) is 36.3. The topological polar surface area (TPSA) is 120 Å². The van der Waals surface area contributed by atoms with Crippen LogP contribution in [0.4, 0.5) is 13.2 Å². The van der Waals surface area contributed by atoms with E-state index in [9.17, 15) is 22.8 Å². The van der Waals surface area contributed by atoms with Gasteiger partial charge < -0.3 is 10.1 Å². The van der Waals surface area contributed by atoms with Gasteiger partial charge in [-0.25, -0.2) is 9.78 Å². The van der Waals surface area contributed by atoms with Gasteiger partial charge in [0, 0.05) is 24.8 Å². The Kier molecular flexibility index (Phi) is 6.95. The molecule has 3 heterocycles. The van der Waals surface area contributed by atoms with Crippen molar-refractivity contribution in [2.24, 2.45) is 0 Å². The van der Waals surface area contributed by atoms with Crippen molar-refractivity contribution in [3.8, 4) is 28.5 Å². The van der Waals surface area contributed by atoms with Gasteiger partial charge in [0.25, 0.3) is 5.91 Å². The highest BCUT2D eigenvalue weighted by Gasteiger charge is 2.42. The van der Waals surface area contributed by atoms with Crippen LogP contribution in [0.1, 0.15) is 28.9 Å². The lowest BCUT2D eigenvalue weighted by Crippen LogP contribution is -2.31. The maximum Gasteiger partial charge on any atom is 0.491 e. The zero-order chi connectivity index (χ0) is 25.7. The minimum Gasteiger partial charge on any atom is -0.400 e. The third-order valence-electron chi connectivity index (χ3n) is 4.97. The van der Waals surface area contributed by atoms with Crippen molar-refractivity contribution >= 4 is 11.9 Å². The molecule has 4 rings (SSSR count). The molecule has 0 saturated carbocycles. The monoisotopic (exact) mass is 494 g/mol. The smallest absolute Gasteiger partial charge is 0.400 e. The molecule has 0 aliphatic heterocycles. The van der Waals surface area contributed by atoms with Crippen LogP contribution in [-0.2, 0) is 4.79 Å². The summed E-state index contributed by atoms with van der Waals surface area (Å²) in [5, 5.41) is 10.1. The van der Waals surface area contributed by atoms with Gasteiger partial charge in [-0.2, -0.15) is 23.3 Å². The number of halogens is 3. The number of rotatable bonds is 6. The summed E-state index contributed by atoms with van der Waals surface area (Å²) in [6.45, 7) is 1.69. The molecule has 0 aliphatic rings. The first kappa shape index (κ1) is 24.4. The lowest BCUT2D eigenvalue weighted by molar-refractivity contribution is -0.190. The maximum absolute atomic E-state index is 12.9. The molecule has 1 atom stereocenters. The van der Waals surface area contributed by atoms with Crippen LogP contribution < -0.4 is 10.1 Å². The predicted octanol–water partition coefficient (Wildman–Crippen LogP) is 3.95. The molecule has 3 aromatic heterocycles. The number of hydrogen-bond acceptors (Lipinski definition) is 8. The van der Waals surface area contributed by atoms with E-state index >= 15 is 0 Å². The second-order valence-electron chi connectivity index (χ2n) is 7.47. The number of aromatic nitrogens is 5. The normalized spacial score (nSPS) is 12.0. The Balaban J connectivity index is 1.57. The van der Waals surface area contributed by atoms with Crippen LogP contribution in [0.3, 0.4) is 0 Å². The molecule has 0 aliphatic carbocycles. The van der Waals surface area contributed by atoms with E-state index in [-0.39, 0.29) is 11.5 Å². The van der Waals surface area contributed by atoms with Crippen molar-refractivity contribution in [1.29, 1.82) is 0 Å². The number of ether oxygens (including phenoxy) is 1. The number of carbonyl (C=O) groups is 2. The summed E-state index contributed by atoms with van der Waals surface area (Å²) in [5.41, 5.74) is 2.20. The molecule has 1 amide bonds. The van der Waals surface area contributed by atoms with Gasteiger partial charge in [-0.1, -0.05) is 30.3 Å². The van der Waals surface area contributed by atoms with Gasteiger partial charge in [-0.3, -0.25) is 9.78 Å². The first-order chi connectivity index (χ1) is 17.2. The highest BCUT2D eigenvalue weighted by molar-refractivity contribution is 5.97. The molecule has 1 aromatic carbocycles. The molecule has 0 bridgehead atoms. The van der Waals surface area contributed by atoms with Gasteiger partial charge in [0.1, 0.15) is 11.3 Å². The van der Waals surface area contributed by atoms with Crippen LogP contribution in [0.15, 0.2) is 73.3 Å². The standard InChI is InChI=1S/C24H17F3N6O3/c1-14(15-6-8-16(9-7-15)17-4-2-10-28-12-17)31-21(34)18-13-29-20(19-5-3-11-30-33-19)32-22(18)36-23(35)24(25,26)27/h2-14H,1H3,(H,31,34). The lowest BCUT2D eigenvalue weighted by Gasteiger charge is -2.16. The fraction of sp³-hybridized carbons (Fsp3) is 0.125. The maximum atomic E-state index is 12.9. The molecule has 1 unspecified atom stereocenters. The fourth-order valence-corrected chi connectivity index (χ4v) is 3.15. The Morgan fingerprint density at radius 3 is 2.36 bits per heavy atom. The summed E-state index contributed by atoms with van der Waals surface area (Å²) < 4.78 is 42.9. The number of alkyl halides is 3. The van der Waals surface area contributed by atoms with E-state index in [1.807, 2.05) is 24.3 Å². The van der Waals surface area contributed by atoms with Crippen molar-refractivity contribution in [1.82, 2.24) is 30.5 Å². The van der Waals surface area contributed by atoms with Gasteiger partial charge in [0.15, 0.2) is 5.82 Å². The average Bonchev–Trinajstić information content (AvgIpc) is 2.89. The summed E-state index contributed by atoms with van der Waals surface area (Å²) >= 11 is 0. The van der Waals surface area contributed by atoms with Crippen molar-refractivity contribution in [3.63, 3.8) is 0 Å². The number of amides is 1. The zero-order valence-corrected chi connectivity index (χ0v) is 18.6. The first-order valence-corrected chi connectivity index (χ1v) is 10.5. The van der Waals surface area contributed by atoms with Crippen LogP contribution in [0, 0.1) is 0 Å². The number of hydrogen-bond donors (Lipinski definition) is 1. The Labute approximate surface area is 202 Å². The molecule has 12 heteroatoms. The van der Waals surface area contributed by atoms with Crippen LogP contribution in [0.2, 0.25) is 0 Å². The van der Waals surface area contributed by atoms with E-state index in [1.165, 1.54) is 18.3 Å². The summed E-state index contributed by atoms with van der Waals surface area (Å²) in [5.74, 6) is -4.40. The lowest BCUT2D eigenvalue weighted by atomic mass is 10.0. The number of benzene rings is 1. The van der Waals surface area contributed by atoms with Crippen LogP contribution >= 0.6 is 0 Å². The molecule has 0 spiro atoms. The number of esters is 1. The van der Waals surface area contributed by atoms with E-state index in [2.05, 4.69) is 35.2 Å². The minimum atomic E-state index is -5.30. The van der Waals surface area contributed by atoms with E-state index in [1.54, 1.807) is 31.5 Å². The summed E-state index contributed by atoms with van der Waals surface area (Å²) in [7, 11) is 0. The Hall–Kier alpha value is -4.74. The number of nitrogens with one attached hydrogen (secondary N) is 1. The molecule has 0 radical (unpaired) electrons. The van der Waals surface area contributed by atoms with Crippen molar-refractivity contribution < 1.29 is 27.5 Å². The van der Waals surface area contributed by atoms with Gasteiger partial charge in [-0.05, 0) is 41.8 Å². The zero-order valence-electron chi connectivity index (χ0n) is 18.6. The summed E-state index contributed by atoms with van der Waals surface area (Å²) in [6, 6.07) is 13.4. The Morgan fingerprint density at radius 2 is 1.72 bits per heavy atom. The average molecular weight is 494 g/mol. The summed E-state index contributed by atoms with van der Waals surface area (Å²) in [6.07, 6.45) is 0.423. The third-order valence-corrected chi connectivity index (χ3v) is 4.97. The van der Waals surface area contributed by atoms with Gasteiger partial charge >= 0.3 is 12.1 Å². The minimum absolute atomic E-state index is 0.107. The fourth-order valence-electron chi connectivity index (χ4n) is 3.15. The van der Waals surface area contributed by atoms with Crippen LogP contribution in [-0.4, -0.2) is 43.2 Å². The molecule has 182 valence electrons. The highest BCUT2D eigenvalue weighted by atomic mass is 19.4. The molecule has 1 N–H and O–H groups in total. The van der Waals surface area contributed by atoms with Crippen LogP contribution in [0.5, 0.6) is 5.88 Å². The molecule has 0 saturated heterocycles. The molecule has 9 nitrogen and oxygen atoms in total. The number of carbonyl (C=O) groups excluding carboxylic acids is 2. The molecular weight excluding hydrogens is 477 g/mol. The Morgan fingerprint density at radius 1 is 0.972 bits per heavy atom. The molecule has 4 aromatic rings. The SMILES string of the molecule is CC(NC(=O)c1cnc(-c2cccnn2)nc1OC(=O)C(F)(F)F)c1ccc(-c2cccnc2)cc1. The molecule has 36 heavy (non-hydrogen) atoms. The predicted molar refractivity (Wildman–Crippen MR) is 120 cm³/mol. The van der Waals surface area contributed by atoms with Crippen molar-refractivity contribution in [2.45, 2.75) is 19.1 Å². The van der Waals surface area contributed by atoms with Gasteiger partial charge in [0.2, 0.25) is 5.88 Å². The second-order valence-corrected chi connectivity index (χ2v) is 7.47. The van der Waals surface area contributed by atoms with Crippen molar-refractivity contribution in [3.05, 3.63) is 84.4 Å². The van der Waals surface area contributed by atoms with E-state index < -0.39 is 35.5 Å². The van der Waals surface area contributed by atoms with E-state index in [4.69, 9.17) is 0 Å². The quantitative estimate of drug-likeness (QED) is 0.400. The van der Waals surface area contributed by atoms with Gasteiger partial charge in [-0.15, -0.1) is 5.10 Å². The van der Waals surface area contributed by atoms with Crippen molar-refractivity contribution in [2.75, 3.05) is 0 Å². The third kappa shape index (κ3) is 5.66. The van der Waals surface area contributed by atoms with E-state index in [0.717, 1.165) is 22.9 Å². The number of pyridine rings is 1. The highest BCUT2D eigenvalue weighted by Crippen LogP contribution is 2.25. The van der Waals surface area contributed by atoms with E-state index in [0.29, 0.717) is 0 Å². The van der Waals surface area contributed by atoms with Crippen LogP contribution in [0.25, 0.3) is 22.6 Å². The second kappa shape index (κ2) is 10.3.